The van der Waals surface area contributed by atoms with Crippen LogP contribution in [0, 0.1) is 0 Å². The van der Waals surface area contributed by atoms with Gasteiger partial charge in [0.1, 0.15) is 11.6 Å². The summed E-state index contributed by atoms with van der Waals surface area (Å²) in [5.41, 5.74) is -3.04. The van der Waals surface area contributed by atoms with E-state index in [1.807, 2.05) is 5.32 Å². The van der Waals surface area contributed by atoms with Crippen LogP contribution in [0.3, 0.4) is 0 Å². The average Bonchev–Trinajstić information content (AvgIpc) is 2.54. The number of amides is 2. The van der Waals surface area contributed by atoms with Crippen molar-refractivity contribution in [1.82, 2.24) is 10.2 Å². The molecule has 2 aliphatic rings. The summed E-state index contributed by atoms with van der Waals surface area (Å²) < 4.78 is 46.3. The van der Waals surface area contributed by atoms with Crippen molar-refractivity contribution in [3.8, 4) is 5.75 Å². The Bertz CT molecular complexity index is 722. The van der Waals surface area contributed by atoms with E-state index in [0.29, 0.717) is 5.75 Å². The summed E-state index contributed by atoms with van der Waals surface area (Å²) in [6.07, 6.45) is 0.937. The normalized spacial score (nSPS) is 23.2. The summed E-state index contributed by atoms with van der Waals surface area (Å²) in [4.78, 5) is 16.9. The summed E-state index contributed by atoms with van der Waals surface area (Å²) >= 11 is 0. The number of urea groups is 1. The molecule has 2 amide bonds. The van der Waals surface area contributed by atoms with Gasteiger partial charge in [-0.2, -0.15) is 13.2 Å². The number of alkyl halides is 3. The molecule has 5 nitrogen and oxygen atoms in total. The molecule has 2 aliphatic heterocycles. The predicted molar refractivity (Wildman–Crippen MR) is 76.8 cm³/mol. The molecule has 120 valence electrons. The fourth-order valence-corrected chi connectivity index (χ4v) is 2.38. The molecule has 8 heteroatoms. The standard InChI is InChI=1S/C15H12F3N3O2/c1-23-11-7-5-10(6-8-11)14(15(16,17)18)19-12-4-2-3-9-21(12)13(22)20-14/h2-9H,1H3,(H,20,22)/t14-/m1/s1. The molecule has 0 unspecified atom stereocenters. The van der Waals surface area contributed by atoms with Crippen LogP contribution in [0.5, 0.6) is 5.75 Å². The zero-order valence-corrected chi connectivity index (χ0v) is 12.0. The Labute approximate surface area is 129 Å². The summed E-state index contributed by atoms with van der Waals surface area (Å²) in [7, 11) is 1.41. The van der Waals surface area contributed by atoms with Gasteiger partial charge in [0.05, 0.1) is 7.11 Å². The zero-order chi connectivity index (χ0) is 16.7. The average molecular weight is 323 g/mol. The van der Waals surface area contributed by atoms with Gasteiger partial charge in [0.15, 0.2) is 0 Å². The molecular weight excluding hydrogens is 311 g/mol. The van der Waals surface area contributed by atoms with Crippen molar-refractivity contribution in [3.63, 3.8) is 0 Å². The Hall–Kier alpha value is -2.77. The number of nitrogens with one attached hydrogen (secondary N) is 1. The smallest absolute Gasteiger partial charge is 0.436 e. The number of nitrogens with zero attached hydrogens (tertiary/aromatic N) is 2. The van der Waals surface area contributed by atoms with Crippen LogP contribution in [0.1, 0.15) is 5.56 Å². The van der Waals surface area contributed by atoms with Crippen LogP contribution in [-0.4, -0.2) is 30.1 Å². The lowest BCUT2D eigenvalue weighted by atomic mass is 9.97. The number of aliphatic imine (C=N–C) groups is 1. The number of fused-ring (bicyclic) bond motifs is 1. The fraction of sp³-hybridized carbons (Fsp3) is 0.200. The summed E-state index contributed by atoms with van der Waals surface area (Å²) in [6.45, 7) is 0. The third-order valence-electron chi connectivity index (χ3n) is 3.55. The Morgan fingerprint density at radius 3 is 2.52 bits per heavy atom. The van der Waals surface area contributed by atoms with Crippen molar-refractivity contribution in [2.24, 2.45) is 4.99 Å². The Morgan fingerprint density at radius 2 is 1.91 bits per heavy atom. The number of rotatable bonds is 2. The topological polar surface area (TPSA) is 53.9 Å². The molecular formula is C15H12F3N3O2. The SMILES string of the molecule is COc1ccc([C@@]2(C(F)(F)F)N=C3C=CC=CN3C(=O)N2)cc1. The van der Waals surface area contributed by atoms with Gasteiger partial charge in [0.25, 0.3) is 5.66 Å². The van der Waals surface area contributed by atoms with E-state index >= 15 is 0 Å². The minimum absolute atomic E-state index is 0.0793. The van der Waals surface area contributed by atoms with Crippen LogP contribution in [0.4, 0.5) is 18.0 Å². The predicted octanol–water partition coefficient (Wildman–Crippen LogP) is 2.92. The van der Waals surface area contributed by atoms with Crippen molar-refractivity contribution in [2.45, 2.75) is 11.8 Å². The molecule has 0 radical (unpaired) electrons. The molecule has 1 N–H and O–H groups in total. The van der Waals surface area contributed by atoms with Gasteiger partial charge in [0.2, 0.25) is 0 Å². The first-order chi connectivity index (χ1) is 10.9. The molecule has 0 saturated heterocycles. The summed E-state index contributed by atoms with van der Waals surface area (Å²) in [5, 5.41) is 1.97. The largest absolute Gasteiger partial charge is 0.497 e. The first-order valence-corrected chi connectivity index (χ1v) is 6.65. The zero-order valence-electron chi connectivity index (χ0n) is 12.0. The van der Waals surface area contributed by atoms with Crippen LogP contribution in [0.2, 0.25) is 0 Å². The number of hydrogen-bond acceptors (Lipinski definition) is 3. The Kier molecular flexibility index (Phi) is 3.39. The molecule has 0 bridgehead atoms. The molecule has 0 spiro atoms. The first-order valence-electron chi connectivity index (χ1n) is 6.65. The highest BCUT2D eigenvalue weighted by Crippen LogP contribution is 2.42. The second-order valence-corrected chi connectivity index (χ2v) is 4.91. The van der Waals surface area contributed by atoms with Crippen LogP contribution >= 0.6 is 0 Å². The molecule has 1 atom stereocenters. The van der Waals surface area contributed by atoms with Gasteiger partial charge < -0.3 is 10.1 Å². The number of ether oxygens (including phenoxy) is 1. The van der Waals surface area contributed by atoms with Crippen molar-refractivity contribution in [2.75, 3.05) is 7.11 Å². The quantitative estimate of drug-likeness (QED) is 0.910. The van der Waals surface area contributed by atoms with Crippen molar-refractivity contribution < 1.29 is 22.7 Å². The van der Waals surface area contributed by atoms with E-state index in [2.05, 4.69) is 4.99 Å². The monoisotopic (exact) mass is 323 g/mol. The first kappa shape index (κ1) is 15.1. The molecule has 0 fully saturated rings. The van der Waals surface area contributed by atoms with E-state index in [1.165, 1.54) is 55.8 Å². The van der Waals surface area contributed by atoms with E-state index in [-0.39, 0.29) is 11.4 Å². The molecule has 1 aromatic carbocycles. The maximum atomic E-state index is 13.8. The lowest BCUT2D eigenvalue weighted by Gasteiger charge is -2.39. The molecule has 0 aromatic heterocycles. The molecule has 3 rings (SSSR count). The maximum Gasteiger partial charge on any atom is 0.436 e. The van der Waals surface area contributed by atoms with Gasteiger partial charge in [-0.05, 0) is 24.3 Å². The van der Waals surface area contributed by atoms with Crippen LogP contribution in [-0.2, 0) is 5.66 Å². The lowest BCUT2D eigenvalue weighted by molar-refractivity contribution is -0.196. The Balaban J connectivity index is 2.17. The molecule has 1 aromatic rings. The number of halogens is 3. The van der Waals surface area contributed by atoms with E-state index < -0.39 is 17.9 Å². The Morgan fingerprint density at radius 1 is 1.22 bits per heavy atom. The van der Waals surface area contributed by atoms with Crippen molar-refractivity contribution in [1.29, 1.82) is 0 Å². The molecule has 2 heterocycles. The van der Waals surface area contributed by atoms with Crippen molar-refractivity contribution >= 4 is 11.9 Å². The van der Waals surface area contributed by atoms with Gasteiger partial charge in [-0.25, -0.2) is 9.79 Å². The minimum atomic E-state index is -4.81. The third kappa shape index (κ3) is 2.36. The van der Waals surface area contributed by atoms with E-state index in [9.17, 15) is 18.0 Å². The fourth-order valence-electron chi connectivity index (χ4n) is 2.38. The van der Waals surface area contributed by atoms with Gasteiger partial charge in [-0.3, -0.25) is 4.90 Å². The number of amidine groups is 1. The number of methoxy groups -OCH3 is 1. The van der Waals surface area contributed by atoms with Gasteiger partial charge >= 0.3 is 12.2 Å². The summed E-state index contributed by atoms with van der Waals surface area (Å²) in [6, 6.07) is 4.34. The molecule has 23 heavy (non-hydrogen) atoms. The lowest BCUT2D eigenvalue weighted by Crippen LogP contribution is -2.62. The summed E-state index contributed by atoms with van der Waals surface area (Å²) in [5.74, 6) is 0.326. The highest BCUT2D eigenvalue weighted by Gasteiger charge is 2.60. The third-order valence-corrected chi connectivity index (χ3v) is 3.55. The number of allylic oxidation sites excluding steroid dienone is 2. The minimum Gasteiger partial charge on any atom is -0.497 e. The second-order valence-electron chi connectivity index (χ2n) is 4.91. The van der Waals surface area contributed by atoms with E-state index in [1.54, 1.807) is 0 Å². The van der Waals surface area contributed by atoms with Gasteiger partial charge in [-0.1, -0.05) is 18.2 Å². The maximum absolute atomic E-state index is 13.8. The highest BCUT2D eigenvalue weighted by atomic mass is 19.4. The number of hydrogen-bond donors (Lipinski definition) is 1. The van der Waals surface area contributed by atoms with Crippen molar-refractivity contribution in [3.05, 3.63) is 54.3 Å². The van der Waals surface area contributed by atoms with Gasteiger partial charge in [0, 0.05) is 11.8 Å². The molecule has 0 saturated carbocycles. The molecule has 0 aliphatic carbocycles. The van der Waals surface area contributed by atoms with Crippen LogP contribution in [0.15, 0.2) is 53.7 Å². The number of carbonyl (C=O) groups excluding carboxylic acids is 1. The number of benzene rings is 1. The van der Waals surface area contributed by atoms with Gasteiger partial charge in [-0.15, -0.1) is 0 Å². The highest BCUT2D eigenvalue weighted by molar-refractivity contribution is 6.07. The van der Waals surface area contributed by atoms with Crippen LogP contribution in [0.25, 0.3) is 0 Å². The van der Waals surface area contributed by atoms with E-state index in [4.69, 9.17) is 4.74 Å². The van der Waals surface area contributed by atoms with Crippen LogP contribution < -0.4 is 10.1 Å². The number of carbonyl (C=O) groups is 1. The second kappa shape index (κ2) is 5.15. The van der Waals surface area contributed by atoms with E-state index in [0.717, 1.165) is 4.90 Å².